The molecule has 1 aliphatic rings. The molecule has 0 bridgehead atoms. The molecule has 4 rings (SSSR count). The summed E-state index contributed by atoms with van der Waals surface area (Å²) < 4.78 is 75.4. The van der Waals surface area contributed by atoms with E-state index in [-0.39, 0.29) is 11.8 Å². The van der Waals surface area contributed by atoms with Crippen molar-refractivity contribution in [2.75, 3.05) is 5.32 Å². The van der Waals surface area contributed by atoms with Crippen molar-refractivity contribution in [2.45, 2.75) is 31.2 Å². The number of hydrogen-bond acceptors (Lipinski definition) is 4. The molecular weight excluding hydrogens is 496 g/mol. The molecule has 1 aromatic heterocycles. The molecule has 1 fully saturated rings. The zero-order valence-corrected chi connectivity index (χ0v) is 18.2. The first kappa shape index (κ1) is 26.6. The van der Waals surface area contributed by atoms with Crippen LogP contribution in [0.5, 0.6) is 0 Å². The molecule has 0 aliphatic heterocycles. The number of benzene rings is 2. The Labute approximate surface area is 200 Å². The Hall–Kier alpha value is -3.96. The van der Waals surface area contributed by atoms with Gasteiger partial charge in [-0.15, -0.1) is 0 Å². The number of carbonyl (C=O) groups is 2. The molecule has 1 aliphatic carbocycles. The van der Waals surface area contributed by atoms with Gasteiger partial charge in [0.2, 0.25) is 0 Å². The maximum absolute atomic E-state index is 12.7. The molecular formula is C24H19F6NO5. The summed E-state index contributed by atoms with van der Waals surface area (Å²) in [4.78, 5) is 19.9. The van der Waals surface area contributed by atoms with Crippen molar-refractivity contribution in [2.24, 2.45) is 5.92 Å². The summed E-state index contributed by atoms with van der Waals surface area (Å²) in [7, 11) is 0. The number of carboxylic acids is 2. The number of carboxylic acid groups (broad SMARTS) is 2. The topological polar surface area (TPSA) is 99.8 Å². The van der Waals surface area contributed by atoms with E-state index in [1.165, 1.54) is 12.1 Å². The van der Waals surface area contributed by atoms with Crippen LogP contribution in [0.4, 0.5) is 32.0 Å². The summed E-state index contributed by atoms with van der Waals surface area (Å²) in [6, 6.07) is 16.0. The zero-order valence-electron chi connectivity index (χ0n) is 18.2. The van der Waals surface area contributed by atoms with Gasteiger partial charge in [-0.25, -0.2) is 4.79 Å². The van der Waals surface area contributed by atoms with Crippen LogP contribution in [0.3, 0.4) is 0 Å². The predicted molar refractivity (Wildman–Crippen MR) is 115 cm³/mol. The third-order valence-corrected chi connectivity index (χ3v) is 5.31. The Morgan fingerprint density at radius 2 is 1.47 bits per heavy atom. The smallest absolute Gasteiger partial charge is 0.481 e. The Bertz CT molecular complexity index is 1200. The van der Waals surface area contributed by atoms with Gasteiger partial charge in [-0.05, 0) is 54.3 Å². The number of aliphatic carboxylic acids is 2. The minimum absolute atomic E-state index is 0.0953. The molecule has 0 radical (unpaired) electrons. The lowest BCUT2D eigenvalue weighted by Crippen LogP contribution is -2.21. The highest BCUT2D eigenvalue weighted by atomic mass is 19.4. The fourth-order valence-electron chi connectivity index (χ4n) is 3.33. The molecule has 2 aromatic carbocycles. The summed E-state index contributed by atoms with van der Waals surface area (Å²) in [5.74, 6) is -2.54. The highest BCUT2D eigenvalue weighted by Gasteiger charge is 2.44. The summed E-state index contributed by atoms with van der Waals surface area (Å²) in [6.45, 7) is 0.418. The van der Waals surface area contributed by atoms with Gasteiger partial charge in [-0.3, -0.25) is 4.79 Å². The van der Waals surface area contributed by atoms with Gasteiger partial charge >= 0.3 is 24.3 Å². The van der Waals surface area contributed by atoms with E-state index in [4.69, 9.17) is 19.4 Å². The van der Waals surface area contributed by atoms with Crippen LogP contribution in [0, 0.1) is 5.92 Å². The van der Waals surface area contributed by atoms with E-state index >= 15 is 0 Å². The molecule has 6 nitrogen and oxygen atoms in total. The molecule has 1 saturated carbocycles. The van der Waals surface area contributed by atoms with E-state index in [0.29, 0.717) is 30.0 Å². The van der Waals surface area contributed by atoms with Crippen molar-refractivity contribution in [3.8, 4) is 11.3 Å². The van der Waals surface area contributed by atoms with Crippen LogP contribution in [0.25, 0.3) is 11.3 Å². The largest absolute Gasteiger partial charge is 0.490 e. The SMILES string of the molecule is O=C(O)C(F)(F)F.O=C(O)[C@@H]1C[C@H]1c1ccc(NCc2ccc(-c3ccc(C(F)(F)F)cc3)o2)cc1. The monoisotopic (exact) mass is 515 g/mol. The van der Waals surface area contributed by atoms with Crippen LogP contribution in [0.2, 0.25) is 0 Å². The molecule has 2 atom stereocenters. The van der Waals surface area contributed by atoms with E-state index in [9.17, 15) is 31.1 Å². The summed E-state index contributed by atoms with van der Waals surface area (Å²) in [5, 5.41) is 19.4. The third kappa shape index (κ3) is 7.03. The average Bonchev–Trinajstić information content (AvgIpc) is 3.48. The highest BCUT2D eigenvalue weighted by molar-refractivity contribution is 5.75. The van der Waals surface area contributed by atoms with Crippen molar-refractivity contribution < 1.29 is 50.6 Å². The van der Waals surface area contributed by atoms with Gasteiger partial charge in [0.15, 0.2) is 0 Å². The first-order valence-corrected chi connectivity index (χ1v) is 10.4. The van der Waals surface area contributed by atoms with Crippen LogP contribution >= 0.6 is 0 Å². The van der Waals surface area contributed by atoms with Crippen LogP contribution in [-0.2, 0) is 22.3 Å². The second-order valence-corrected chi connectivity index (χ2v) is 7.91. The molecule has 0 spiro atoms. The van der Waals surface area contributed by atoms with Crippen LogP contribution < -0.4 is 5.32 Å². The number of anilines is 1. The second-order valence-electron chi connectivity index (χ2n) is 7.91. The fourth-order valence-corrected chi connectivity index (χ4v) is 3.33. The van der Waals surface area contributed by atoms with Crippen molar-refractivity contribution in [3.05, 3.63) is 77.6 Å². The zero-order chi connectivity index (χ0) is 26.7. The summed E-state index contributed by atoms with van der Waals surface area (Å²) in [5.41, 5.74) is 1.77. The predicted octanol–water partition coefficient (Wildman–Crippen LogP) is 6.40. The van der Waals surface area contributed by atoms with E-state index in [1.807, 2.05) is 24.3 Å². The number of nitrogens with one attached hydrogen (secondary N) is 1. The van der Waals surface area contributed by atoms with E-state index in [2.05, 4.69) is 5.32 Å². The summed E-state index contributed by atoms with van der Waals surface area (Å²) in [6.07, 6.45) is -8.76. The minimum atomic E-state index is -5.08. The Balaban J connectivity index is 0.000000454. The number of alkyl halides is 6. The second kappa shape index (κ2) is 10.3. The minimum Gasteiger partial charge on any atom is -0.481 e. The number of halogens is 6. The molecule has 0 amide bonds. The van der Waals surface area contributed by atoms with Gasteiger partial charge in [-0.2, -0.15) is 26.3 Å². The number of rotatable bonds is 6. The number of furan rings is 1. The van der Waals surface area contributed by atoms with Gasteiger partial charge in [0.25, 0.3) is 0 Å². The maximum Gasteiger partial charge on any atom is 0.490 e. The molecule has 0 unspecified atom stereocenters. The van der Waals surface area contributed by atoms with Crippen molar-refractivity contribution in [1.82, 2.24) is 0 Å². The quantitative estimate of drug-likeness (QED) is 0.329. The Kier molecular flexibility index (Phi) is 7.65. The fraction of sp³-hybridized carbons (Fsp3) is 0.250. The lowest BCUT2D eigenvalue weighted by atomic mass is 10.1. The first-order valence-electron chi connectivity index (χ1n) is 10.4. The standard InChI is InChI=1S/C22H18F3NO3.C2HF3O2/c23-22(24,25)15-5-1-14(2-6-15)20-10-9-17(29-20)12-26-16-7-3-13(4-8-16)18-11-19(18)21(27)28;3-2(4,5)1(6)7/h1-10,18-19,26H,11-12H2,(H,27,28);(H,6,7)/t18-,19+;/m0./s1. The van der Waals surface area contributed by atoms with Gasteiger partial charge in [-0.1, -0.05) is 24.3 Å². The lowest BCUT2D eigenvalue weighted by molar-refractivity contribution is -0.192. The Morgan fingerprint density at radius 1 is 0.889 bits per heavy atom. The van der Waals surface area contributed by atoms with Crippen molar-refractivity contribution in [3.63, 3.8) is 0 Å². The number of hydrogen-bond donors (Lipinski definition) is 3. The van der Waals surface area contributed by atoms with Crippen LogP contribution in [0.15, 0.2) is 65.1 Å². The van der Waals surface area contributed by atoms with E-state index in [0.717, 1.165) is 23.4 Å². The normalized spacial score (nSPS) is 17.1. The Morgan fingerprint density at radius 3 is 1.94 bits per heavy atom. The maximum atomic E-state index is 12.7. The third-order valence-electron chi connectivity index (χ3n) is 5.31. The lowest BCUT2D eigenvalue weighted by Gasteiger charge is -2.07. The summed E-state index contributed by atoms with van der Waals surface area (Å²) >= 11 is 0. The van der Waals surface area contributed by atoms with Crippen LogP contribution in [0.1, 0.15) is 29.2 Å². The highest BCUT2D eigenvalue weighted by Crippen LogP contribution is 2.47. The van der Waals surface area contributed by atoms with E-state index < -0.39 is 29.9 Å². The van der Waals surface area contributed by atoms with Crippen molar-refractivity contribution >= 4 is 17.6 Å². The van der Waals surface area contributed by atoms with Gasteiger partial charge < -0.3 is 19.9 Å². The first-order chi connectivity index (χ1) is 16.8. The van der Waals surface area contributed by atoms with Crippen molar-refractivity contribution in [1.29, 1.82) is 0 Å². The molecule has 36 heavy (non-hydrogen) atoms. The molecule has 3 aromatic rings. The van der Waals surface area contributed by atoms with E-state index in [1.54, 1.807) is 12.1 Å². The molecule has 12 heteroatoms. The molecule has 192 valence electrons. The molecule has 1 heterocycles. The molecule has 3 N–H and O–H groups in total. The van der Waals surface area contributed by atoms with Crippen LogP contribution in [-0.4, -0.2) is 28.3 Å². The van der Waals surface area contributed by atoms with Gasteiger partial charge in [0.1, 0.15) is 11.5 Å². The van der Waals surface area contributed by atoms with Gasteiger partial charge in [0, 0.05) is 11.3 Å². The average molecular weight is 515 g/mol. The molecule has 0 saturated heterocycles. The van der Waals surface area contributed by atoms with Gasteiger partial charge in [0.05, 0.1) is 18.0 Å².